The van der Waals surface area contributed by atoms with E-state index < -0.39 is 0 Å². The highest BCUT2D eigenvalue weighted by Gasteiger charge is 2.48. The van der Waals surface area contributed by atoms with Gasteiger partial charge in [0.1, 0.15) is 23.0 Å². The summed E-state index contributed by atoms with van der Waals surface area (Å²) in [5.74, 6) is 5.53. The minimum atomic E-state index is -0.160. The van der Waals surface area contributed by atoms with Crippen molar-refractivity contribution in [2.24, 2.45) is 0 Å². The van der Waals surface area contributed by atoms with Gasteiger partial charge in [-0.2, -0.15) is 0 Å². The van der Waals surface area contributed by atoms with Crippen LogP contribution in [0.3, 0.4) is 0 Å². The Labute approximate surface area is 290 Å². The molecular weight excluding hydrogens is 631 g/mol. The van der Waals surface area contributed by atoms with E-state index in [2.05, 4.69) is 129 Å². The van der Waals surface area contributed by atoms with Gasteiger partial charge in [0.2, 0.25) is 5.78 Å². The average Bonchev–Trinajstić information content (AvgIpc) is 3.82. The van der Waals surface area contributed by atoms with Gasteiger partial charge in [0.15, 0.2) is 11.5 Å². The first-order valence-corrected chi connectivity index (χ1v) is 17.2. The van der Waals surface area contributed by atoms with Crippen molar-refractivity contribution in [3.05, 3.63) is 140 Å². The number of rotatable bonds is 2. The zero-order chi connectivity index (χ0) is 32.9. The fourth-order valence-electron chi connectivity index (χ4n) is 8.96. The molecule has 51 heavy (non-hydrogen) atoms. The molecule has 0 saturated carbocycles. The van der Waals surface area contributed by atoms with E-state index in [4.69, 9.17) is 19.2 Å². The molecule has 3 aliphatic heterocycles. The molecule has 0 saturated heterocycles. The molecule has 0 fully saturated rings. The monoisotopic (exact) mass is 654 g/mol. The van der Waals surface area contributed by atoms with Crippen LogP contribution in [-0.2, 0) is 0 Å². The number of ether oxygens (including phenoxy) is 3. The first kappa shape index (κ1) is 26.0. The zero-order valence-electron chi connectivity index (χ0n) is 26.9. The van der Waals surface area contributed by atoms with Crippen LogP contribution in [-0.4, -0.2) is 25.2 Å². The summed E-state index contributed by atoms with van der Waals surface area (Å²) in [6, 6.07) is 48.4. The van der Waals surface area contributed by atoms with Gasteiger partial charge in [-0.05, 0) is 72.8 Å². The fraction of sp³-hybridized carbons (Fsp3) is 0. The Hall–Kier alpha value is -6.93. The fourth-order valence-corrected chi connectivity index (χ4v) is 8.96. The van der Waals surface area contributed by atoms with Crippen LogP contribution < -0.4 is 30.6 Å². The number of nitrogens with zero attached hydrogens (tertiary/aromatic N) is 4. The van der Waals surface area contributed by atoms with Crippen molar-refractivity contribution < 1.29 is 14.2 Å². The first-order valence-electron chi connectivity index (χ1n) is 17.2. The number of hydrogen-bond acceptors (Lipinski definition) is 4. The quantitative estimate of drug-likeness (QED) is 0.176. The summed E-state index contributed by atoms with van der Waals surface area (Å²) in [5.41, 5.74) is 11.2. The molecule has 7 nitrogen and oxygen atoms in total. The maximum atomic E-state index is 7.39. The highest BCUT2D eigenvalue weighted by molar-refractivity contribution is 6.99. The molecule has 0 unspecified atom stereocenters. The number of para-hydroxylation sites is 6. The Morgan fingerprint density at radius 3 is 1.61 bits per heavy atom. The summed E-state index contributed by atoms with van der Waals surface area (Å²) in [7, 11) is 0. The Balaban J connectivity index is 1.17. The van der Waals surface area contributed by atoms with Gasteiger partial charge in [0.05, 0.1) is 44.5 Å². The minimum Gasteiger partial charge on any atom is -0.458 e. The molecule has 0 atom stereocenters. The topological polar surface area (TPSA) is 54.9 Å². The highest BCUT2D eigenvalue weighted by Crippen LogP contribution is 2.47. The summed E-state index contributed by atoms with van der Waals surface area (Å²) in [4.78, 5) is 5.20. The van der Waals surface area contributed by atoms with E-state index >= 15 is 0 Å². The normalized spacial score (nSPS) is 13.5. The highest BCUT2D eigenvalue weighted by atomic mass is 16.5. The molecule has 8 heteroatoms. The van der Waals surface area contributed by atoms with E-state index in [1.165, 1.54) is 10.8 Å². The van der Waals surface area contributed by atoms with E-state index in [1.54, 1.807) is 0 Å². The van der Waals surface area contributed by atoms with E-state index in [0.717, 1.165) is 101 Å². The smallest absolute Gasteiger partial charge is 0.270 e. The molecule has 0 N–H and O–H groups in total. The van der Waals surface area contributed by atoms with E-state index in [0.29, 0.717) is 0 Å². The molecule has 3 aromatic heterocycles. The Kier molecular flexibility index (Phi) is 4.59. The van der Waals surface area contributed by atoms with Crippen molar-refractivity contribution in [1.82, 2.24) is 18.5 Å². The maximum absolute atomic E-state index is 7.39. The van der Waals surface area contributed by atoms with Crippen LogP contribution in [0.15, 0.2) is 140 Å². The predicted octanol–water partition coefficient (Wildman–Crippen LogP) is 8.36. The zero-order valence-corrected chi connectivity index (χ0v) is 26.9. The molecule has 10 aromatic rings. The lowest BCUT2D eigenvalue weighted by atomic mass is 9.34. The first-order chi connectivity index (χ1) is 25.3. The third kappa shape index (κ3) is 3.10. The van der Waals surface area contributed by atoms with Crippen molar-refractivity contribution in [1.29, 1.82) is 0 Å². The summed E-state index contributed by atoms with van der Waals surface area (Å²) in [6.07, 6.45) is 0. The third-order valence-electron chi connectivity index (χ3n) is 11.0. The van der Waals surface area contributed by atoms with Crippen LogP contribution in [0.4, 0.5) is 0 Å². The van der Waals surface area contributed by atoms with E-state index in [-0.39, 0.29) is 6.71 Å². The number of aromatic nitrogens is 4. The predicted molar refractivity (Wildman–Crippen MR) is 202 cm³/mol. The van der Waals surface area contributed by atoms with Crippen molar-refractivity contribution in [2.45, 2.75) is 0 Å². The van der Waals surface area contributed by atoms with Crippen molar-refractivity contribution in [3.8, 4) is 45.9 Å². The van der Waals surface area contributed by atoms with Crippen LogP contribution >= 0.6 is 0 Å². The standard InChI is InChI=1S/C43H23BN4O3/c1-4-13-27-24(10-1)25-11-2-5-14-28(25)46(27)32-20-22-36-39-41(32)51-42-33(21-23-37-40(42)44(39)38-34(49-36)18-9-19-35(38)50-37)48-31-17-8-7-16-30(31)47-29-15-6-3-12-26(29)45-43(47)48/h1-23H. The summed E-state index contributed by atoms with van der Waals surface area (Å²) >= 11 is 0. The Morgan fingerprint density at radius 1 is 0.412 bits per heavy atom. The van der Waals surface area contributed by atoms with Crippen LogP contribution in [0.2, 0.25) is 0 Å². The second-order valence-corrected chi connectivity index (χ2v) is 13.5. The summed E-state index contributed by atoms with van der Waals surface area (Å²) < 4.78 is 27.5. The van der Waals surface area contributed by atoms with Gasteiger partial charge in [-0.15, -0.1) is 0 Å². The lowest BCUT2D eigenvalue weighted by Crippen LogP contribution is -2.60. The summed E-state index contributed by atoms with van der Waals surface area (Å²) in [6.45, 7) is -0.160. The Bertz CT molecular complexity index is 3140. The minimum absolute atomic E-state index is 0.160. The van der Waals surface area contributed by atoms with Crippen molar-refractivity contribution >= 4 is 72.8 Å². The van der Waals surface area contributed by atoms with Gasteiger partial charge in [-0.3, -0.25) is 8.97 Å². The molecular formula is C43H23BN4O3. The second-order valence-electron chi connectivity index (χ2n) is 13.5. The summed E-state index contributed by atoms with van der Waals surface area (Å²) in [5, 5.41) is 2.39. The van der Waals surface area contributed by atoms with E-state index in [1.807, 2.05) is 24.3 Å². The maximum Gasteiger partial charge on any atom is 0.270 e. The molecule has 0 aliphatic carbocycles. The molecule has 0 spiro atoms. The van der Waals surface area contributed by atoms with E-state index in [9.17, 15) is 0 Å². The van der Waals surface area contributed by atoms with Gasteiger partial charge in [0, 0.05) is 27.2 Å². The number of fused-ring (bicyclic) bond motifs is 8. The van der Waals surface area contributed by atoms with Crippen LogP contribution in [0.5, 0.6) is 34.5 Å². The van der Waals surface area contributed by atoms with Crippen LogP contribution in [0.25, 0.3) is 61.0 Å². The number of benzene rings is 7. The molecule has 0 bridgehead atoms. The largest absolute Gasteiger partial charge is 0.458 e. The van der Waals surface area contributed by atoms with Gasteiger partial charge in [-0.25, -0.2) is 4.98 Å². The van der Waals surface area contributed by atoms with Gasteiger partial charge in [0.25, 0.3) is 6.71 Å². The molecule has 6 heterocycles. The number of imidazole rings is 2. The molecule has 3 aliphatic rings. The molecule has 236 valence electrons. The van der Waals surface area contributed by atoms with Gasteiger partial charge < -0.3 is 18.8 Å². The van der Waals surface area contributed by atoms with Gasteiger partial charge >= 0.3 is 0 Å². The van der Waals surface area contributed by atoms with Gasteiger partial charge in [-0.1, -0.05) is 66.7 Å². The molecule has 7 aromatic carbocycles. The Morgan fingerprint density at radius 2 is 0.941 bits per heavy atom. The van der Waals surface area contributed by atoms with Crippen LogP contribution in [0.1, 0.15) is 0 Å². The molecule has 13 rings (SSSR count). The SMILES string of the molecule is c1cc2c3c(c1)Oc1ccc(-n4c5ccccc5n5c6ccccc6nc45)c4c1B3c1c(ccc(-n3c5ccccc5c5ccccc53)c1O4)O2. The van der Waals surface area contributed by atoms with Crippen molar-refractivity contribution in [3.63, 3.8) is 0 Å². The van der Waals surface area contributed by atoms with Crippen molar-refractivity contribution in [2.75, 3.05) is 0 Å². The molecule has 0 amide bonds. The lowest BCUT2D eigenvalue weighted by Gasteiger charge is -2.38. The molecule has 0 radical (unpaired) electrons. The second kappa shape index (κ2) is 8.99. The average molecular weight is 654 g/mol. The third-order valence-corrected chi connectivity index (χ3v) is 11.0. The lowest BCUT2D eigenvalue weighted by molar-refractivity contribution is 0.441. The van der Waals surface area contributed by atoms with Crippen LogP contribution in [0, 0.1) is 0 Å². The number of hydrogen-bond donors (Lipinski definition) is 0.